The first-order chi connectivity index (χ1) is 14.3. The average molecular weight is 450 g/mol. The Hall–Kier alpha value is -2.52. The molecule has 8 nitrogen and oxygen atoms in total. The van der Waals surface area contributed by atoms with Crippen LogP contribution in [-0.2, 0) is 25.4 Å². The summed E-state index contributed by atoms with van der Waals surface area (Å²) < 4.78 is 4.25. The summed E-state index contributed by atoms with van der Waals surface area (Å²) in [5.74, 6) is -0.100. The van der Waals surface area contributed by atoms with Crippen LogP contribution in [0, 0.1) is 6.92 Å². The van der Waals surface area contributed by atoms with Crippen LogP contribution in [-0.4, -0.2) is 30.3 Å². The van der Waals surface area contributed by atoms with Gasteiger partial charge < -0.3 is 9.88 Å². The summed E-state index contributed by atoms with van der Waals surface area (Å²) in [6.45, 7) is 4.48. The third-order valence-electron chi connectivity index (χ3n) is 4.92. The van der Waals surface area contributed by atoms with Crippen molar-refractivity contribution in [2.75, 3.05) is 11.1 Å². The SMILES string of the molecule is CCCCn1c(SCC(=O)Nc2cccc(Cl)c2C)nc2c1c(=O)n(C)c(=O)n2C. The van der Waals surface area contributed by atoms with Crippen LogP contribution in [0.25, 0.3) is 11.2 Å². The summed E-state index contributed by atoms with van der Waals surface area (Å²) in [6, 6.07) is 5.33. The Kier molecular flexibility index (Phi) is 6.72. The molecule has 0 saturated carbocycles. The molecule has 10 heteroatoms. The summed E-state index contributed by atoms with van der Waals surface area (Å²) in [7, 11) is 3.04. The number of nitrogens with zero attached hydrogens (tertiary/aromatic N) is 4. The average Bonchev–Trinajstić information content (AvgIpc) is 3.09. The van der Waals surface area contributed by atoms with E-state index in [0.29, 0.717) is 33.6 Å². The summed E-state index contributed by atoms with van der Waals surface area (Å²) in [6.07, 6.45) is 1.78. The van der Waals surface area contributed by atoms with Gasteiger partial charge in [0, 0.05) is 31.4 Å². The number of anilines is 1. The molecule has 1 amide bonds. The minimum atomic E-state index is -0.432. The zero-order chi connectivity index (χ0) is 22.0. The number of benzene rings is 1. The number of rotatable bonds is 7. The molecule has 0 aliphatic rings. The summed E-state index contributed by atoms with van der Waals surface area (Å²) in [5.41, 5.74) is 1.34. The lowest BCUT2D eigenvalue weighted by molar-refractivity contribution is -0.113. The molecule has 1 N–H and O–H groups in total. The zero-order valence-corrected chi connectivity index (χ0v) is 18.9. The van der Waals surface area contributed by atoms with Crippen molar-refractivity contribution in [3.63, 3.8) is 0 Å². The third-order valence-corrected chi connectivity index (χ3v) is 6.31. The summed E-state index contributed by atoms with van der Waals surface area (Å²) in [4.78, 5) is 42.0. The highest BCUT2D eigenvalue weighted by molar-refractivity contribution is 7.99. The van der Waals surface area contributed by atoms with Crippen molar-refractivity contribution in [3.05, 3.63) is 49.6 Å². The predicted octanol–water partition coefficient (Wildman–Crippen LogP) is 2.93. The highest BCUT2D eigenvalue weighted by atomic mass is 35.5. The number of fused-ring (bicyclic) bond motifs is 1. The molecule has 1 aromatic carbocycles. The summed E-state index contributed by atoms with van der Waals surface area (Å²) >= 11 is 7.34. The molecular formula is C20H24ClN5O3S. The van der Waals surface area contributed by atoms with Gasteiger partial charge in [0.15, 0.2) is 16.3 Å². The van der Waals surface area contributed by atoms with Crippen LogP contribution in [0.4, 0.5) is 5.69 Å². The van der Waals surface area contributed by atoms with Gasteiger partial charge in [0.2, 0.25) is 5.91 Å². The minimum absolute atomic E-state index is 0.107. The molecule has 0 fully saturated rings. The lowest BCUT2D eigenvalue weighted by Crippen LogP contribution is -2.37. The molecule has 2 heterocycles. The number of halogens is 1. The first-order valence-corrected chi connectivity index (χ1v) is 11.0. The molecule has 0 unspecified atom stereocenters. The van der Waals surface area contributed by atoms with Crippen molar-refractivity contribution in [2.45, 2.75) is 38.4 Å². The normalized spacial score (nSPS) is 11.2. The molecule has 0 aliphatic heterocycles. The Bertz CT molecular complexity index is 1230. The van der Waals surface area contributed by atoms with Gasteiger partial charge in [-0.2, -0.15) is 0 Å². The van der Waals surface area contributed by atoms with Crippen molar-refractivity contribution < 1.29 is 4.79 Å². The van der Waals surface area contributed by atoms with Gasteiger partial charge >= 0.3 is 5.69 Å². The number of amides is 1. The third kappa shape index (κ3) is 4.17. The van der Waals surface area contributed by atoms with Crippen LogP contribution >= 0.6 is 23.4 Å². The second-order valence-electron chi connectivity index (χ2n) is 7.03. The fourth-order valence-electron chi connectivity index (χ4n) is 3.12. The Balaban J connectivity index is 1.91. The number of carbonyl (C=O) groups is 1. The largest absolute Gasteiger partial charge is 0.332 e. The molecule has 0 atom stereocenters. The fraction of sp³-hybridized carbons (Fsp3) is 0.400. The van der Waals surface area contributed by atoms with Crippen LogP contribution in [0.15, 0.2) is 32.9 Å². The van der Waals surface area contributed by atoms with Crippen molar-refractivity contribution in [2.24, 2.45) is 14.1 Å². The Labute approximate surface area is 182 Å². The van der Waals surface area contributed by atoms with Crippen molar-refractivity contribution in [1.82, 2.24) is 18.7 Å². The molecule has 0 spiro atoms. The Morgan fingerprint density at radius 2 is 1.97 bits per heavy atom. The molecular weight excluding hydrogens is 426 g/mol. The number of hydrogen-bond donors (Lipinski definition) is 1. The van der Waals surface area contributed by atoms with Gasteiger partial charge in [-0.3, -0.25) is 18.7 Å². The van der Waals surface area contributed by atoms with Gasteiger partial charge in [-0.1, -0.05) is 42.8 Å². The van der Waals surface area contributed by atoms with Gasteiger partial charge in [0.05, 0.1) is 5.75 Å². The second kappa shape index (κ2) is 9.09. The monoisotopic (exact) mass is 449 g/mol. The van der Waals surface area contributed by atoms with E-state index in [1.165, 1.54) is 23.4 Å². The predicted molar refractivity (Wildman–Crippen MR) is 121 cm³/mol. The zero-order valence-electron chi connectivity index (χ0n) is 17.4. The Morgan fingerprint density at radius 3 is 2.67 bits per heavy atom. The van der Waals surface area contributed by atoms with Crippen LogP contribution < -0.4 is 16.6 Å². The molecule has 0 aliphatic carbocycles. The van der Waals surface area contributed by atoms with E-state index in [1.54, 1.807) is 25.2 Å². The van der Waals surface area contributed by atoms with Gasteiger partial charge in [-0.25, -0.2) is 9.78 Å². The van der Waals surface area contributed by atoms with Crippen LogP contribution in [0.2, 0.25) is 5.02 Å². The number of unbranched alkanes of at least 4 members (excludes halogenated alkanes) is 1. The first kappa shape index (κ1) is 22.2. The van der Waals surface area contributed by atoms with E-state index in [0.717, 1.165) is 23.0 Å². The van der Waals surface area contributed by atoms with E-state index in [-0.39, 0.29) is 17.2 Å². The molecule has 0 saturated heterocycles. The maximum absolute atomic E-state index is 12.7. The topological polar surface area (TPSA) is 90.9 Å². The van der Waals surface area contributed by atoms with Gasteiger partial charge in [-0.15, -0.1) is 0 Å². The first-order valence-electron chi connectivity index (χ1n) is 9.60. The van der Waals surface area contributed by atoms with Gasteiger partial charge in [0.25, 0.3) is 5.56 Å². The molecule has 2 aromatic heterocycles. The second-order valence-corrected chi connectivity index (χ2v) is 8.38. The lowest BCUT2D eigenvalue weighted by atomic mass is 10.2. The Morgan fingerprint density at radius 1 is 1.23 bits per heavy atom. The van der Waals surface area contributed by atoms with E-state index in [1.807, 2.05) is 11.5 Å². The number of aromatic nitrogens is 4. The molecule has 0 bridgehead atoms. The van der Waals surface area contributed by atoms with Crippen LogP contribution in [0.5, 0.6) is 0 Å². The quantitative estimate of drug-likeness (QED) is 0.560. The highest BCUT2D eigenvalue weighted by Gasteiger charge is 2.20. The summed E-state index contributed by atoms with van der Waals surface area (Å²) in [5, 5.41) is 3.98. The number of imidazole rings is 1. The van der Waals surface area contributed by atoms with Crippen molar-refractivity contribution in [1.29, 1.82) is 0 Å². The number of hydrogen-bond acceptors (Lipinski definition) is 5. The number of nitrogens with one attached hydrogen (secondary N) is 1. The highest BCUT2D eigenvalue weighted by Crippen LogP contribution is 2.25. The smallest absolute Gasteiger partial charge is 0.325 e. The number of carbonyl (C=O) groups excluding carboxylic acids is 1. The fourth-order valence-corrected chi connectivity index (χ4v) is 4.12. The van der Waals surface area contributed by atoms with Gasteiger partial charge in [-0.05, 0) is 31.0 Å². The lowest BCUT2D eigenvalue weighted by Gasteiger charge is -2.10. The minimum Gasteiger partial charge on any atom is -0.325 e. The maximum atomic E-state index is 12.7. The molecule has 30 heavy (non-hydrogen) atoms. The number of thioether (sulfide) groups is 1. The maximum Gasteiger partial charge on any atom is 0.332 e. The van der Waals surface area contributed by atoms with E-state index in [9.17, 15) is 14.4 Å². The molecule has 3 aromatic rings. The molecule has 0 radical (unpaired) electrons. The molecule has 3 rings (SSSR count). The van der Waals surface area contributed by atoms with E-state index in [4.69, 9.17) is 11.6 Å². The van der Waals surface area contributed by atoms with Crippen molar-refractivity contribution >= 4 is 46.1 Å². The standard InChI is InChI=1S/C20H24ClN5O3S/c1-5-6-10-26-16-17(24(3)20(29)25(4)18(16)28)23-19(26)30-11-15(27)22-14-9-7-8-13(21)12(14)2/h7-9H,5-6,10-11H2,1-4H3,(H,22,27). The van der Waals surface area contributed by atoms with E-state index < -0.39 is 5.69 Å². The molecule has 160 valence electrons. The van der Waals surface area contributed by atoms with Crippen LogP contribution in [0.3, 0.4) is 0 Å². The van der Waals surface area contributed by atoms with Gasteiger partial charge in [0.1, 0.15) is 0 Å². The van der Waals surface area contributed by atoms with Crippen LogP contribution in [0.1, 0.15) is 25.3 Å². The number of aryl methyl sites for hydroxylation is 2. The van der Waals surface area contributed by atoms with E-state index >= 15 is 0 Å². The van der Waals surface area contributed by atoms with E-state index in [2.05, 4.69) is 17.2 Å². The van der Waals surface area contributed by atoms with Crippen molar-refractivity contribution in [3.8, 4) is 0 Å².